The molecule has 0 radical (unpaired) electrons. The van der Waals surface area contributed by atoms with Gasteiger partial charge in [-0.3, -0.25) is 4.68 Å². The van der Waals surface area contributed by atoms with E-state index in [-0.39, 0.29) is 5.69 Å². The van der Waals surface area contributed by atoms with Crippen molar-refractivity contribution in [1.82, 2.24) is 24.8 Å². The Kier molecular flexibility index (Phi) is 4.20. The Morgan fingerprint density at radius 3 is 2.89 bits per heavy atom. The Morgan fingerprint density at radius 2 is 2.32 bits per heavy atom. The molecule has 0 aromatic carbocycles. The first-order chi connectivity index (χ1) is 9.17. The number of aromatic carboxylic acids is 1. The molecule has 0 saturated heterocycles. The quantitative estimate of drug-likeness (QED) is 0.857. The molecule has 2 heterocycles. The lowest BCUT2D eigenvalue weighted by Crippen LogP contribution is -2.06. The highest BCUT2D eigenvalue weighted by Gasteiger charge is 2.21. The van der Waals surface area contributed by atoms with Crippen LogP contribution in [0, 0.1) is 0 Å². The summed E-state index contributed by atoms with van der Waals surface area (Å²) >= 11 is 1.67. The van der Waals surface area contributed by atoms with Crippen molar-refractivity contribution >= 4 is 17.7 Å². The topological polar surface area (TPSA) is 85.8 Å². The summed E-state index contributed by atoms with van der Waals surface area (Å²) in [7, 11) is 0. The molecule has 0 aliphatic carbocycles. The van der Waals surface area contributed by atoms with Crippen LogP contribution in [0.2, 0.25) is 0 Å². The molecule has 0 aliphatic rings. The molecule has 0 saturated carbocycles. The summed E-state index contributed by atoms with van der Waals surface area (Å²) in [4.78, 5) is 11.2. The van der Waals surface area contributed by atoms with Gasteiger partial charge in [-0.1, -0.05) is 5.21 Å². The van der Waals surface area contributed by atoms with Gasteiger partial charge in [-0.05, 0) is 13.2 Å². The fourth-order valence-electron chi connectivity index (χ4n) is 1.74. The number of hydrogen-bond acceptors (Lipinski definition) is 5. The number of thioether (sulfide) groups is 1. The number of nitrogens with zero attached hydrogens (tertiary/aromatic N) is 5. The van der Waals surface area contributed by atoms with Crippen molar-refractivity contribution in [3.05, 3.63) is 18.1 Å². The van der Waals surface area contributed by atoms with Crippen LogP contribution in [0.4, 0.5) is 0 Å². The molecule has 0 unspecified atom stereocenters. The van der Waals surface area contributed by atoms with Crippen LogP contribution in [0.5, 0.6) is 0 Å². The SMILES string of the molecule is CCn1cc(-c2c(C(=O)O)nnn2CCSC)cn1. The zero-order valence-corrected chi connectivity index (χ0v) is 11.6. The van der Waals surface area contributed by atoms with Crippen molar-refractivity contribution < 1.29 is 9.90 Å². The molecule has 102 valence electrons. The van der Waals surface area contributed by atoms with Crippen molar-refractivity contribution in [3.63, 3.8) is 0 Å². The van der Waals surface area contributed by atoms with Crippen LogP contribution in [-0.4, -0.2) is 47.9 Å². The van der Waals surface area contributed by atoms with Gasteiger partial charge in [0.05, 0.1) is 12.7 Å². The van der Waals surface area contributed by atoms with Crippen LogP contribution in [0.25, 0.3) is 11.3 Å². The number of aryl methyl sites for hydroxylation is 2. The van der Waals surface area contributed by atoms with Crippen molar-refractivity contribution in [2.75, 3.05) is 12.0 Å². The van der Waals surface area contributed by atoms with Crippen LogP contribution in [-0.2, 0) is 13.1 Å². The summed E-state index contributed by atoms with van der Waals surface area (Å²) in [5.41, 5.74) is 1.21. The Hall–Kier alpha value is -1.83. The molecule has 0 atom stereocenters. The van der Waals surface area contributed by atoms with Gasteiger partial charge in [-0.2, -0.15) is 16.9 Å². The molecule has 19 heavy (non-hydrogen) atoms. The molecule has 2 aromatic rings. The summed E-state index contributed by atoms with van der Waals surface area (Å²) in [5.74, 6) is -0.230. The fraction of sp³-hybridized carbons (Fsp3) is 0.455. The van der Waals surface area contributed by atoms with Gasteiger partial charge < -0.3 is 5.11 Å². The summed E-state index contributed by atoms with van der Waals surface area (Å²) in [6.07, 6.45) is 5.44. The van der Waals surface area contributed by atoms with Gasteiger partial charge in [0, 0.05) is 24.1 Å². The average molecular weight is 281 g/mol. The Balaban J connectivity index is 2.44. The maximum absolute atomic E-state index is 11.2. The molecular formula is C11H15N5O2S. The van der Waals surface area contributed by atoms with Crippen LogP contribution in [0.15, 0.2) is 12.4 Å². The van der Waals surface area contributed by atoms with Crippen molar-refractivity contribution in [2.24, 2.45) is 0 Å². The molecule has 2 rings (SSSR count). The van der Waals surface area contributed by atoms with Gasteiger partial charge in [-0.25, -0.2) is 9.48 Å². The first kappa shape index (κ1) is 13.6. The normalized spacial score (nSPS) is 10.8. The summed E-state index contributed by atoms with van der Waals surface area (Å²) in [6.45, 7) is 3.32. The predicted octanol–water partition coefficient (Wildman–Crippen LogP) is 1.22. The lowest BCUT2D eigenvalue weighted by molar-refractivity contribution is 0.0691. The Morgan fingerprint density at radius 1 is 1.53 bits per heavy atom. The zero-order valence-electron chi connectivity index (χ0n) is 10.8. The van der Waals surface area contributed by atoms with Crippen molar-refractivity contribution in [1.29, 1.82) is 0 Å². The van der Waals surface area contributed by atoms with Gasteiger partial charge in [0.1, 0.15) is 5.69 Å². The minimum Gasteiger partial charge on any atom is -0.476 e. The van der Waals surface area contributed by atoms with E-state index >= 15 is 0 Å². The number of carboxylic acid groups (broad SMARTS) is 1. The second-order valence-electron chi connectivity index (χ2n) is 3.89. The van der Waals surface area contributed by atoms with Crippen LogP contribution >= 0.6 is 11.8 Å². The van der Waals surface area contributed by atoms with Crippen molar-refractivity contribution in [3.8, 4) is 11.3 Å². The zero-order chi connectivity index (χ0) is 13.8. The van der Waals surface area contributed by atoms with E-state index in [4.69, 9.17) is 0 Å². The van der Waals surface area contributed by atoms with E-state index in [1.54, 1.807) is 33.5 Å². The number of carbonyl (C=O) groups is 1. The molecular weight excluding hydrogens is 266 g/mol. The Bertz CT molecular complexity index is 577. The molecule has 8 heteroatoms. The smallest absolute Gasteiger partial charge is 0.358 e. The monoisotopic (exact) mass is 281 g/mol. The molecule has 0 aliphatic heterocycles. The molecule has 7 nitrogen and oxygen atoms in total. The van der Waals surface area contributed by atoms with Gasteiger partial charge in [0.2, 0.25) is 0 Å². The number of rotatable bonds is 6. The summed E-state index contributed by atoms with van der Waals surface area (Å²) < 4.78 is 3.36. The highest BCUT2D eigenvalue weighted by atomic mass is 32.2. The van der Waals surface area contributed by atoms with E-state index in [1.807, 2.05) is 13.2 Å². The van der Waals surface area contributed by atoms with E-state index in [1.165, 1.54) is 0 Å². The van der Waals surface area contributed by atoms with Crippen molar-refractivity contribution in [2.45, 2.75) is 20.0 Å². The molecule has 2 aromatic heterocycles. The van der Waals surface area contributed by atoms with E-state index in [9.17, 15) is 9.90 Å². The van der Waals surface area contributed by atoms with Gasteiger partial charge in [-0.15, -0.1) is 5.10 Å². The molecule has 0 spiro atoms. The Labute approximate surface area is 114 Å². The van der Waals surface area contributed by atoms with Crippen LogP contribution in [0.1, 0.15) is 17.4 Å². The maximum atomic E-state index is 11.2. The third kappa shape index (κ3) is 2.78. The molecule has 0 bridgehead atoms. The number of hydrogen-bond donors (Lipinski definition) is 1. The maximum Gasteiger partial charge on any atom is 0.358 e. The predicted molar refractivity (Wildman–Crippen MR) is 72.3 cm³/mol. The van der Waals surface area contributed by atoms with Gasteiger partial charge >= 0.3 is 5.97 Å². The molecule has 0 amide bonds. The number of carboxylic acids is 1. The third-order valence-electron chi connectivity index (χ3n) is 2.68. The van der Waals surface area contributed by atoms with Crippen LogP contribution in [0.3, 0.4) is 0 Å². The lowest BCUT2D eigenvalue weighted by atomic mass is 10.2. The van der Waals surface area contributed by atoms with E-state index < -0.39 is 5.97 Å². The highest BCUT2D eigenvalue weighted by molar-refractivity contribution is 7.98. The second-order valence-corrected chi connectivity index (χ2v) is 4.88. The third-order valence-corrected chi connectivity index (χ3v) is 3.27. The van der Waals surface area contributed by atoms with Gasteiger partial charge in [0.15, 0.2) is 5.69 Å². The average Bonchev–Trinajstić information content (AvgIpc) is 3.01. The lowest BCUT2D eigenvalue weighted by Gasteiger charge is -2.03. The minimum atomic E-state index is -1.07. The standard InChI is InChI=1S/C11H15N5O2S/c1-3-15-7-8(6-12-15)10-9(11(17)18)13-14-16(10)4-5-19-2/h6-7H,3-5H2,1-2H3,(H,17,18). The first-order valence-electron chi connectivity index (χ1n) is 5.86. The number of aromatic nitrogens is 5. The van der Waals surface area contributed by atoms with E-state index in [2.05, 4.69) is 15.4 Å². The largest absolute Gasteiger partial charge is 0.476 e. The minimum absolute atomic E-state index is 0.0308. The van der Waals surface area contributed by atoms with E-state index in [0.717, 1.165) is 17.9 Å². The fourth-order valence-corrected chi connectivity index (χ4v) is 2.09. The first-order valence-corrected chi connectivity index (χ1v) is 7.25. The highest BCUT2D eigenvalue weighted by Crippen LogP contribution is 2.22. The van der Waals surface area contributed by atoms with Crippen LogP contribution < -0.4 is 0 Å². The summed E-state index contributed by atoms with van der Waals surface area (Å²) in [6, 6.07) is 0. The van der Waals surface area contributed by atoms with E-state index in [0.29, 0.717) is 12.2 Å². The summed E-state index contributed by atoms with van der Waals surface area (Å²) in [5, 5.41) is 21.0. The second kappa shape index (κ2) is 5.87. The molecule has 1 N–H and O–H groups in total. The molecule has 0 fully saturated rings. The van der Waals surface area contributed by atoms with Gasteiger partial charge in [0.25, 0.3) is 0 Å².